The number of carbonyl (C=O) groups is 1. The summed E-state index contributed by atoms with van der Waals surface area (Å²) in [5.41, 5.74) is 10.6. The molecule has 0 atom stereocenters. The third-order valence-electron chi connectivity index (χ3n) is 4.62. The van der Waals surface area contributed by atoms with Gasteiger partial charge in [0.05, 0.1) is 0 Å². The molecule has 0 radical (unpaired) electrons. The van der Waals surface area contributed by atoms with Crippen molar-refractivity contribution >= 4 is 29.4 Å². The normalized spacial score (nSPS) is 13.6. The van der Waals surface area contributed by atoms with Crippen LogP contribution in [-0.4, -0.2) is 22.1 Å². The van der Waals surface area contributed by atoms with Gasteiger partial charge in [-0.15, -0.1) is 0 Å². The molecule has 3 N–H and O–H groups in total. The Morgan fingerprint density at radius 3 is 2.68 bits per heavy atom. The summed E-state index contributed by atoms with van der Waals surface area (Å²) in [6, 6.07) is 13.7. The SMILES string of the molecule is Cc1ccc(-c2cnc(N)c(N=Cc3ccnc(NC(=O)C4CC4)c3)c2)cc1. The summed E-state index contributed by atoms with van der Waals surface area (Å²) in [6.45, 7) is 2.05. The van der Waals surface area contributed by atoms with Gasteiger partial charge < -0.3 is 11.1 Å². The summed E-state index contributed by atoms with van der Waals surface area (Å²) < 4.78 is 0. The first-order chi connectivity index (χ1) is 13.6. The summed E-state index contributed by atoms with van der Waals surface area (Å²) in [4.78, 5) is 24.8. The Bertz CT molecular complexity index is 1040. The molecule has 0 bridgehead atoms. The van der Waals surface area contributed by atoms with Crippen molar-refractivity contribution in [3.05, 3.63) is 66.0 Å². The van der Waals surface area contributed by atoms with Crippen LogP contribution in [0.1, 0.15) is 24.0 Å². The smallest absolute Gasteiger partial charge is 0.228 e. The summed E-state index contributed by atoms with van der Waals surface area (Å²) in [6.07, 6.45) is 7.00. The Kier molecular flexibility index (Phi) is 4.85. The molecule has 1 amide bonds. The van der Waals surface area contributed by atoms with Gasteiger partial charge in [0, 0.05) is 30.1 Å². The maximum Gasteiger partial charge on any atom is 0.228 e. The van der Waals surface area contributed by atoms with Crippen molar-refractivity contribution in [2.75, 3.05) is 11.1 Å². The number of nitrogen functional groups attached to an aromatic ring is 1. The molecule has 6 nitrogen and oxygen atoms in total. The van der Waals surface area contributed by atoms with E-state index >= 15 is 0 Å². The summed E-state index contributed by atoms with van der Waals surface area (Å²) in [7, 11) is 0. The number of aliphatic imine (C=N–C) groups is 1. The average molecular weight is 371 g/mol. The molecular weight excluding hydrogens is 350 g/mol. The molecule has 140 valence electrons. The average Bonchev–Trinajstić information content (AvgIpc) is 3.54. The van der Waals surface area contributed by atoms with E-state index in [0.29, 0.717) is 17.3 Å². The lowest BCUT2D eigenvalue weighted by Gasteiger charge is -2.06. The molecular formula is C22H21N5O. The second kappa shape index (κ2) is 7.60. The fourth-order valence-electron chi connectivity index (χ4n) is 2.78. The third-order valence-corrected chi connectivity index (χ3v) is 4.62. The topological polar surface area (TPSA) is 93.3 Å². The van der Waals surface area contributed by atoms with Crippen LogP contribution in [0.3, 0.4) is 0 Å². The fourth-order valence-corrected chi connectivity index (χ4v) is 2.78. The molecule has 1 aliphatic carbocycles. The number of benzene rings is 1. The molecule has 0 spiro atoms. The van der Waals surface area contributed by atoms with Crippen molar-refractivity contribution < 1.29 is 4.79 Å². The molecule has 3 aromatic rings. The van der Waals surface area contributed by atoms with Crippen LogP contribution in [0, 0.1) is 12.8 Å². The number of nitrogens with two attached hydrogens (primary N) is 1. The summed E-state index contributed by atoms with van der Waals surface area (Å²) in [5.74, 6) is 1.05. The van der Waals surface area contributed by atoms with Gasteiger partial charge >= 0.3 is 0 Å². The monoisotopic (exact) mass is 371 g/mol. The van der Waals surface area contributed by atoms with Crippen LogP contribution >= 0.6 is 0 Å². The number of aromatic nitrogens is 2. The number of pyridine rings is 2. The number of amides is 1. The highest BCUT2D eigenvalue weighted by atomic mass is 16.2. The molecule has 1 fully saturated rings. The van der Waals surface area contributed by atoms with Gasteiger partial charge in [-0.05, 0) is 49.1 Å². The molecule has 0 saturated heterocycles. The lowest BCUT2D eigenvalue weighted by molar-refractivity contribution is -0.117. The molecule has 0 unspecified atom stereocenters. The number of nitrogens with one attached hydrogen (secondary N) is 1. The zero-order chi connectivity index (χ0) is 19.5. The number of hydrogen-bond donors (Lipinski definition) is 2. The first-order valence-corrected chi connectivity index (χ1v) is 9.22. The van der Waals surface area contributed by atoms with E-state index in [2.05, 4.69) is 39.3 Å². The number of nitrogens with zero attached hydrogens (tertiary/aromatic N) is 3. The van der Waals surface area contributed by atoms with Crippen molar-refractivity contribution in [2.45, 2.75) is 19.8 Å². The molecule has 1 aromatic carbocycles. The van der Waals surface area contributed by atoms with Crippen molar-refractivity contribution in [1.82, 2.24) is 9.97 Å². The van der Waals surface area contributed by atoms with Crippen LogP contribution in [-0.2, 0) is 4.79 Å². The van der Waals surface area contributed by atoms with E-state index in [9.17, 15) is 4.79 Å². The van der Waals surface area contributed by atoms with Gasteiger partial charge in [-0.2, -0.15) is 0 Å². The van der Waals surface area contributed by atoms with E-state index in [0.717, 1.165) is 29.5 Å². The van der Waals surface area contributed by atoms with Gasteiger partial charge in [0.2, 0.25) is 5.91 Å². The van der Waals surface area contributed by atoms with E-state index in [-0.39, 0.29) is 11.8 Å². The lowest BCUT2D eigenvalue weighted by atomic mass is 10.1. The van der Waals surface area contributed by atoms with Crippen molar-refractivity contribution in [2.24, 2.45) is 10.9 Å². The highest BCUT2D eigenvalue weighted by molar-refractivity contribution is 5.94. The Labute approximate surface area is 163 Å². The van der Waals surface area contributed by atoms with E-state index in [4.69, 9.17) is 5.73 Å². The van der Waals surface area contributed by atoms with Gasteiger partial charge in [-0.3, -0.25) is 9.79 Å². The van der Waals surface area contributed by atoms with Crippen LogP contribution in [0.2, 0.25) is 0 Å². The Balaban J connectivity index is 1.54. The highest BCUT2D eigenvalue weighted by Gasteiger charge is 2.29. The molecule has 4 rings (SSSR count). The second-order valence-electron chi connectivity index (χ2n) is 6.99. The van der Waals surface area contributed by atoms with Gasteiger partial charge in [0.1, 0.15) is 17.3 Å². The third kappa shape index (κ3) is 4.23. The highest BCUT2D eigenvalue weighted by Crippen LogP contribution is 2.30. The van der Waals surface area contributed by atoms with Gasteiger partial charge in [0.15, 0.2) is 0 Å². The van der Waals surface area contributed by atoms with E-state index < -0.39 is 0 Å². The van der Waals surface area contributed by atoms with Gasteiger partial charge in [0.25, 0.3) is 0 Å². The fraction of sp³-hybridized carbons (Fsp3) is 0.182. The predicted molar refractivity (Wildman–Crippen MR) is 112 cm³/mol. The minimum atomic E-state index is 0.0285. The van der Waals surface area contributed by atoms with Crippen LogP contribution < -0.4 is 11.1 Å². The minimum Gasteiger partial charge on any atom is -0.382 e. The maximum absolute atomic E-state index is 11.9. The van der Waals surface area contributed by atoms with Crippen LogP contribution in [0.15, 0.2) is 59.9 Å². The van der Waals surface area contributed by atoms with Gasteiger partial charge in [-0.1, -0.05) is 29.8 Å². The molecule has 6 heteroatoms. The Morgan fingerprint density at radius 1 is 1.14 bits per heavy atom. The van der Waals surface area contributed by atoms with Crippen molar-refractivity contribution in [3.8, 4) is 11.1 Å². The molecule has 28 heavy (non-hydrogen) atoms. The lowest BCUT2D eigenvalue weighted by Crippen LogP contribution is -2.14. The molecule has 1 saturated carbocycles. The van der Waals surface area contributed by atoms with E-state index in [1.165, 1.54) is 5.56 Å². The van der Waals surface area contributed by atoms with Crippen molar-refractivity contribution in [3.63, 3.8) is 0 Å². The first kappa shape index (κ1) is 17.9. The predicted octanol–water partition coefficient (Wildman–Crippen LogP) is 4.13. The number of hydrogen-bond acceptors (Lipinski definition) is 5. The molecule has 0 aliphatic heterocycles. The number of carbonyl (C=O) groups excluding carboxylic acids is 1. The second-order valence-corrected chi connectivity index (χ2v) is 6.99. The minimum absolute atomic E-state index is 0.0285. The summed E-state index contributed by atoms with van der Waals surface area (Å²) >= 11 is 0. The van der Waals surface area contributed by atoms with Crippen LogP contribution in [0.25, 0.3) is 11.1 Å². The van der Waals surface area contributed by atoms with Crippen LogP contribution in [0.5, 0.6) is 0 Å². The Morgan fingerprint density at radius 2 is 1.93 bits per heavy atom. The largest absolute Gasteiger partial charge is 0.382 e. The number of aryl methyl sites for hydroxylation is 1. The quantitative estimate of drug-likeness (QED) is 0.659. The number of anilines is 2. The zero-order valence-corrected chi connectivity index (χ0v) is 15.6. The van der Waals surface area contributed by atoms with Crippen LogP contribution in [0.4, 0.5) is 17.3 Å². The van der Waals surface area contributed by atoms with Gasteiger partial charge in [-0.25, -0.2) is 9.97 Å². The zero-order valence-electron chi connectivity index (χ0n) is 15.6. The number of rotatable bonds is 5. The molecule has 2 aromatic heterocycles. The van der Waals surface area contributed by atoms with E-state index in [1.807, 2.05) is 24.3 Å². The molecule has 2 heterocycles. The molecule has 1 aliphatic rings. The first-order valence-electron chi connectivity index (χ1n) is 9.22. The van der Waals surface area contributed by atoms with Crippen molar-refractivity contribution in [1.29, 1.82) is 0 Å². The van der Waals surface area contributed by atoms with E-state index in [1.54, 1.807) is 24.7 Å². The standard InChI is InChI=1S/C22H21N5O/c1-14-2-4-16(5-3-14)18-11-19(21(23)26-13-18)25-12-15-8-9-24-20(10-15)27-22(28)17-6-7-17/h2-5,8-13,17H,6-7H2,1H3,(H2,23,26)(H,24,27,28). The Hall–Kier alpha value is -3.54. The summed E-state index contributed by atoms with van der Waals surface area (Å²) in [5, 5.41) is 2.84. The maximum atomic E-state index is 11.9.